The summed E-state index contributed by atoms with van der Waals surface area (Å²) >= 11 is 0.815. The number of methoxy groups -OCH3 is 1. The van der Waals surface area contributed by atoms with Crippen molar-refractivity contribution in [2.24, 2.45) is 0 Å². The van der Waals surface area contributed by atoms with Gasteiger partial charge >= 0.3 is 0 Å². The van der Waals surface area contributed by atoms with Crippen LogP contribution in [0, 0.1) is 0 Å². The number of anilines is 1. The molecule has 0 unspecified atom stereocenters. The van der Waals surface area contributed by atoms with E-state index in [1.807, 2.05) is 6.92 Å². The van der Waals surface area contributed by atoms with Crippen LogP contribution in [0.1, 0.15) is 12.5 Å². The van der Waals surface area contributed by atoms with Gasteiger partial charge in [0.2, 0.25) is 5.91 Å². The van der Waals surface area contributed by atoms with Crippen LogP contribution < -0.4 is 14.8 Å². The summed E-state index contributed by atoms with van der Waals surface area (Å²) in [7, 11) is 1.55. The van der Waals surface area contributed by atoms with E-state index in [4.69, 9.17) is 9.47 Å². The van der Waals surface area contributed by atoms with Crippen LogP contribution in [0.3, 0.4) is 0 Å². The van der Waals surface area contributed by atoms with Crippen molar-refractivity contribution >= 4 is 40.6 Å². The van der Waals surface area contributed by atoms with Gasteiger partial charge in [-0.25, -0.2) is 0 Å². The van der Waals surface area contributed by atoms with Gasteiger partial charge in [0.05, 0.1) is 18.6 Å². The number of rotatable bonds is 7. The van der Waals surface area contributed by atoms with Crippen LogP contribution in [-0.2, 0) is 9.59 Å². The maximum atomic E-state index is 12.6. The Hall–Kier alpha value is -3.26. The normalized spacial score (nSPS) is 15.0. The summed E-state index contributed by atoms with van der Waals surface area (Å²) in [6.07, 6.45) is 1.63. The first-order valence-electron chi connectivity index (χ1n) is 8.92. The average molecular weight is 412 g/mol. The Morgan fingerprint density at radius 3 is 2.34 bits per heavy atom. The van der Waals surface area contributed by atoms with E-state index in [-0.39, 0.29) is 11.4 Å². The smallest absolute Gasteiger partial charge is 0.294 e. The van der Waals surface area contributed by atoms with Crippen LogP contribution in [0.25, 0.3) is 6.08 Å². The van der Waals surface area contributed by atoms with Crippen LogP contribution >= 0.6 is 11.8 Å². The lowest BCUT2D eigenvalue weighted by Crippen LogP contribution is -2.36. The Morgan fingerprint density at radius 2 is 1.72 bits per heavy atom. The fraction of sp³-hybridized carbons (Fsp3) is 0.190. The molecule has 0 spiro atoms. The summed E-state index contributed by atoms with van der Waals surface area (Å²) in [5.74, 6) is 0.444. The van der Waals surface area contributed by atoms with Crippen LogP contribution in [0.2, 0.25) is 0 Å². The number of thioether (sulfide) groups is 1. The van der Waals surface area contributed by atoms with Gasteiger partial charge in [0, 0.05) is 5.69 Å². The first kappa shape index (κ1) is 20.5. The van der Waals surface area contributed by atoms with E-state index >= 15 is 0 Å². The maximum Gasteiger partial charge on any atom is 0.294 e. The molecule has 8 heteroatoms. The predicted molar refractivity (Wildman–Crippen MR) is 112 cm³/mol. The number of hydrogen-bond acceptors (Lipinski definition) is 6. The third-order valence-electron chi connectivity index (χ3n) is 4.04. The SMILES string of the molecule is CCOc1ccc(/C=C2/SC(=O)N(CC(=O)Nc3ccc(OC)cc3)C2=O)cc1. The highest BCUT2D eigenvalue weighted by Crippen LogP contribution is 2.32. The number of ether oxygens (including phenoxy) is 2. The molecule has 2 aromatic rings. The van der Waals surface area contributed by atoms with Crippen molar-refractivity contribution < 1.29 is 23.9 Å². The zero-order valence-corrected chi connectivity index (χ0v) is 16.8. The van der Waals surface area contributed by atoms with Gasteiger partial charge in [0.15, 0.2) is 0 Å². The fourth-order valence-electron chi connectivity index (χ4n) is 2.63. The molecule has 3 amide bonds. The monoisotopic (exact) mass is 412 g/mol. The molecule has 0 aliphatic carbocycles. The summed E-state index contributed by atoms with van der Waals surface area (Å²) in [6, 6.07) is 14.0. The van der Waals surface area contributed by atoms with E-state index < -0.39 is 17.1 Å². The first-order chi connectivity index (χ1) is 14.0. The van der Waals surface area contributed by atoms with Gasteiger partial charge in [0.1, 0.15) is 18.0 Å². The highest BCUT2D eigenvalue weighted by Gasteiger charge is 2.36. The van der Waals surface area contributed by atoms with Crippen LogP contribution in [-0.4, -0.2) is 42.2 Å². The van der Waals surface area contributed by atoms with Gasteiger partial charge in [-0.05, 0) is 66.7 Å². The summed E-state index contributed by atoms with van der Waals surface area (Å²) in [6.45, 7) is 2.11. The van der Waals surface area contributed by atoms with Gasteiger partial charge in [-0.15, -0.1) is 0 Å². The molecule has 1 N–H and O–H groups in total. The van der Waals surface area contributed by atoms with E-state index in [0.717, 1.165) is 28.0 Å². The fourth-order valence-corrected chi connectivity index (χ4v) is 3.47. The van der Waals surface area contributed by atoms with Crippen LogP contribution in [0.5, 0.6) is 11.5 Å². The molecule has 0 bridgehead atoms. The van der Waals surface area contributed by atoms with Gasteiger partial charge in [-0.2, -0.15) is 0 Å². The number of benzene rings is 2. The van der Waals surface area contributed by atoms with Crippen LogP contribution in [0.4, 0.5) is 10.5 Å². The van der Waals surface area contributed by atoms with Gasteiger partial charge in [-0.3, -0.25) is 19.3 Å². The van der Waals surface area contributed by atoms with Gasteiger partial charge < -0.3 is 14.8 Å². The molecule has 1 aliphatic heterocycles. The van der Waals surface area contributed by atoms with Crippen molar-refractivity contribution in [3.63, 3.8) is 0 Å². The second-order valence-electron chi connectivity index (χ2n) is 6.05. The molecule has 0 aromatic heterocycles. The minimum Gasteiger partial charge on any atom is -0.497 e. The molecular weight excluding hydrogens is 392 g/mol. The molecule has 1 fully saturated rings. The van der Waals surface area contributed by atoms with Crippen molar-refractivity contribution in [2.75, 3.05) is 25.6 Å². The molecule has 1 saturated heterocycles. The lowest BCUT2D eigenvalue weighted by atomic mass is 10.2. The second kappa shape index (κ2) is 9.29. The number of amides is 3. The van der Waals surface area contributed by atoms with Gasteiger partial charge in [0.25, 0.3) is 11.1 Å². The Balaban J connectivity index is 1.64. The van der Waals surface area contributed by atoms with E-state index in [1.54, 1.807) is 61.7 Å². The van der Waals surface area contributed by atoms with E-state index in [0.29, 0.717) is 18.0 Å². The summed E-state index contributed by atoms with van der Waals surface area (Å²) < 4.78 is 10.4. The number of imide groups is 1. The van der Waals surface area contributed by atoms with E-state index in [9.17, 15) is 14.4 Å². The van der Waals surface area contributed by atoms with Crippen molar-refractivity contribution in [3.05, 3.63) is 59.0 Å². The number of nitrogens with zero attached hydrogens (tertiary/aromatic N) is 1. The Morgan fingerprint density at radius 1 is 1.07 bits per heavy atom. The minimum atomic E-state index is -0.487. The Labute approximate surface area is 172 Å². The molecule has 2 aromatic carbocycles. The molecular formula is C21H20N2O5S. The lowest BCUT2D eigenvalue weighted by Gasteiger charge is -2.12. The molecule has 29 heavy (non-hydrogen) atoms. The molecule has 3 rings (SSSR count). The molecule has 0 saturated carbocycles. The molecule has 150 valence electrons. The average Bonchev–Trinajstić information content (AvgIpc) is 2.97. The predicted octanol–water partition coefficient (Wildman–Crippen LogP) is 3.77. The minimum absolute atomic E-state index is 0.274. The molecule has 1 heterocycles. The topological polar surface area (TPSA) is 84.9 Å². The quantitative estimate of drug-likeness (QED) is 0.697. The van der Waals surface area contributed by atoms with Crippen LogP contribution in [0.15, 0.2) is 53.4 Å². The molecule has 1 aliphatic rings. The maximum absolute atomic E-state index is 12.6. The molecule has 0 atom stereocenters. The summed E-state index contributed by atoms with van der Waals surface area (Å²) in [5, 5.41) is 2.19. The molecule has 0 radical (unpaired) electrons. The van der Waals surface area contributed by atoms with E-state index in [1.165, 1.54) is 0 Å². The zero-order chi connectivity index (χ0) is 20.8. The van der Waals surface area contributed by atoms with Crippen molar-refractivity contribution in [1.82, 2.24) is 4.90 Å². The highest BCUT2D eigenvalue weighted by atomic mass is 32.2. The Kier molecular flexibility index (Phi) is 6.56. The van der Waals surface area contributed by atoms with Gasteiger partial charge in [-0.1, -0.05) is 12.1 Å². The van der Waals surface area contributed by atoms with E-state index in [2.05, 4.69) is 5.32 Å². The Bertz CT molecular complexity index is 939. The highest BCUT2D eigenvalue weighted by molar-refractivity contribution is 8.18. The third-order valence-corrected chi connectivity index (χ3v) is 4.95. The number of hydrogen-bond donors (Lipinski definition) is 1. The first-order valence-corrected chi connectivity index (χ1v) is 9.74. The third kappa shape index (κ3) is 5.17. The number of carbonyl (C=O) groups excluding carboxylic acids is 3. The largest absolute Gasteiger partial charge is 0.497 e. The van der Waals surface area contributed by atoms with Crippen molar-refractivity contribution in [1.29, 1.82) is 0 Å². The second-order valence-corrected chi connectivity index (χ2v) is 7.04. The standard InChI is InChI=1S/C21H20N2O5S/c1-3-28-17-8-4-14(5-9-17)12-18-20(25)23(21(26)29-18)13-19(24)22-15-6-10-16(27-2)11-7-15/h4-12H,3,13H2,1-2H3,(H,22,24)/b18-12+. The molecule has 7 nitrogen and oxygen atoms in total. The summed E-state index contributed by atoms with van der Waals surface area (Å²) in [5.41, 5.74) is 1.31. The lowest BCUT2D eigenvalue weighted by molar-refractivity contribution is -0.127. The number of nitrogens with one attached hydrogen (secondary N) is 1. The zero-order valence-electron chi connectivity index (χ0n) is 16.0. The number of carbonyl (C=O) groups is 3. The summed E-state index contributed by atoms with van der Waals surface area (Å²) in [4.78, 5) is 38.2. The van der Waals surface area contributed by atoms with Crippen molar-refractivity contribution in [2.45, 2.75) is 6.92 Å². The van der Waals surface area contributed by atoms with Crippen molar-refractivity contribution in [3.8, 4) is 11.5 Å².